The highest BCUT2D eigenvalue weighted by Gasteiger charge is 2.35. The number of rotatable bonds is 8. The van der Waals surface area contributed by atoms with E-state index in [9.17, 15) is 4.79 Å². The molecule has 1 saturated heterocycles. The summed E-state index contributed by atoms with van der Waals surface area (Å²) in [7, 11) is 1.63. The molecule has 2 heterocycles. The molecule has 1 aliphatic carbocycles. The first-order valence-corrected chi connectivity index (χ1v) is 11.1. The van der Waals surface area contributed by atoms with Crippen LogP contribution in [-0.4, -0.2) is 42.4 Å². The van der Waals surface area contributed by atoms with Crippen molar-refractivity contribution in [1.82, 2.24) is 15.5 Å². The van der Waals surface area contributed by atoms with Crippen LogP contribution in [0.1, 0.15) is 41.5 Å². The molecular weight excluding hydrogens is 404 g/mol. The SMILES string of the molecule is COc1ccc(CC(=O)Nc2cc(C3CC(c4ccccc4OC4CNC4)C3)n[nH]2)cc1. The molecule has 3 aromatic rings. The van der Waals surface area contributed by atoms with Gasteiger partial charge in [-0.25, -0.2) is 0 Å². The molecular formula is C25H28N4O3. The zero-order chi connectivity index (χ0) is 21.9. The zero-order valence-corrected chi connectivity index (χ0v) is 18.1. The van der Waals surface area contributed by atoms with E-state index >= 15 is 0 Å². The van der Waals surface area contributed by atoms with Gasteiger partial charge in [-0.1, -0.05) is 30.3 Å². The van der Waals surface area contributed by atoms with Gasteiger partial charge in [-0.05, 0) is 48.1 Å². The molecule has 0 bridgehead atoms. The van der Waals surface area contributed by atoms with Crippen molar-refractivity contribution in [2.45, 2.75) is 37.2 Å². The number of hydrogen-bond acceptors (Lipinski definition) is 5. The number of aromatic nitrogens is 2. The number of hydrogen-bond donors (Lipinski definition) is 3. The second kappa shape index (κ2) is 9.04. The highest BCUT2D eigenvalue weighted by Crippen LogP contribution is 2.49. The highest BCUT2D eigenvalue weighted by molar-refractivity contribution is 5.91. The van der Waals surface area contributed by atoms with Gasteiger partial charge >= 0.3 is 0 Å². The van der Waals surface area contributed by atoms with E-state index in [0.29, 0.717) is 24.1 Å². The van der Waals surface area contributed by atoms with Gasteiger partial charge in [0.05, 0.1) is 19.2 Å². The van der Waals surface area contributed by atoms with E-state index in [2.05, 4.69) is 39.0 Å². The third kappa shape index (κ3) is 4.48. The summed E-state index contributed by atoms with van der Waals surface area (Å²) in [6.45, 7) is 1.84. The lowest BCUT2D eigenvalue weighted by Crippen LogP contribution is -2.50. The van der Waals surface area contributed by atoms with Crippen molar-refractivity contribution < 1.29 is 14.3 Å². The number of aromatic amines is 1. The first-order valence-electron chi connectivity index (χ1n) is 11.1. The standard InChI is InChI=1S/C25H28N4O3/c1-31-19-8-6-16(7-9-19)10-25(30)27-24-13-22(28-29-24)18-11-17(12-18)21-4-2-3-5-23(21)32-20-14-26-15-20/h2-9,13,17-18,20,26H,10-12,14-15H2,1H3,(H2,27,28,29,30). The van der Waals surface area contributed by atoms with Gasteiger partial charge in [0.2, 0.25) is 5.91 Å². The second-order valence-electron chi connectivity index (χ2n) is 8.58. The van der Waals surface area contributed by atoms with Gasteiger partial charge in [-0.15, -0.1) is 0 Å². The maximum Gasteiger partial charge on any atom is 0.229 e. The minimum atomic E-state index is -0.0755. The van der Waals surface area contributed by atoms with Gasteiger partial charge < -0.3 is 20.1 Å². The average Bonchev–Trinajstić information content (AvgIpc) is 3.19. The molecule has 0 unspecified atom stereocenters. The first kappa shape index (κ1) is 20.6. The average molecular weight is 433 g/mol. The van der Waals surface area contributed by atoms with E-state index in [0.717, 1.165) is 48.7 Å². The number of ether oxygens (including phenoxy) is 2. The lowest BCUT2D eigenvalue weighted by atomic mass is 9.70. The number of amides is 1. The molecule has 0 spiro atoms. The Balaban J connectivity index is 1.15. The Morgan fingerprint density at radius 2 is 1.88 bits per heavy atom. The van der Waals surface area contributed by atoms with E-state index in [-0.39, 0.29) is 12.0 Å². The Morgan fingerprint density at radius 1 is 1.09 bits per heavy atom. The van der Waals surface area contributed by atoms with E-state index in [1.54, 1.807) is 7.11 Å². The molecule has 5 rings (SSSR count). The number of nitrogens with zero attached hydrogens (tertiary/aromatic N) is 1. The van der Waals surface area contributed by atoms with Crippen LogP contribution in [0.25, 0.3) is 0 Å². The third-order valence-electron chi connectivity index (χ3n) is 6.35. The molecule has 2 aromatic carbocycles. The summed E-state index contributed by atoms with van der Waals surface area (Å²) in [5.74, 6) is 3.23. The number of anilines is 1. The fourth-order valence-electron chi connectivity index (χ4n) is 4.30. The van der Waals surface area contributed by atoms with Gasteiger partial charge in [0.1, 0.15) is 23.4 Å². The molecule has 32 heavy (non-hydrogen) atoms. The maximum atomic E-state index is 12.4. The molecule has 7 nitrogen and oxygen atoms in total. The van der Waals surface area contributed by atoms with Gasteiger partial charge in [0, 0.05) is 25.1 Å². The normalized spacial score (nSPS) is 20.2. The van der Waals surface area contributed by atoms with E-state index in [4.69, 9.17) is 9.47 Å². The maximum absolute atomic E-state index is 12.4. The Morgan fingerprint density at radius 3 is 2.59 bits per heavy atom. The Bertz CT molecular complexity index is 1070. The van der Waals surface area contributed by atoms with Crippen LogP contribution in [0.5, 0.6) is 11.5 Å². The predicted octanol–water partition coefficient (Wildman–Crippen LogP) is 3.61. The molecule has 1 amide bonds. The quantitative estimate of drug-likeness (QED) is 0.506. The van der Waals surface area contributed by atoms with Crippen LogP contribution in [0.2, 0.25) is 0 Å². The van der Waals surface area contributed by atoms with Crippen LogP contribution in [-0.2, 0) is 11.2 Å². The van der Waals surface area contributed by atoms with Crippen LogP contribution >= 0.6 is 0 Å². The van der Waals surface area contributed by atoms with Gasteiger partial charge in [0.15, 0.2) is 0 Å². The molecule has 0 atom stereocenters. The number of nitrogens with one attached hydrogen (secondary N) is 3. The smallest absolute Gasteiger partial charge is 0.229 e. The summed E-state index contributed by atoms with van der Waals surface area (Å²) in [5.41, 5.74) is 3.23. The summed E-state index contributed by atoms with van der Waals surface area (Å²) < 4.78 is 11.3. The monoisotopic (exact) mass is 432 g/mol. The van der Waals surface area contributed by atoms with Crippen LogP contribution < -0.4 is 20.1 Å². The topological polar surface area (TPSA) is 88.3 Å². The molecule has 3 N–H and O–H groups in total. The summed E-state index contributed by atoms with van der Waals surface area (Å²) in [4.78, 5) is 12.4. The number of H-pyrrole nitrogens is 1. The van der Waals surface area contributed by atoms with Crippen molar-refractivity contribution >= 4 is 11.7 Å². The zero-order valence-electron chi connectivity index (χ0n) is 18.1. The molecule has 0 radical (unpaired) electrons. The Hall–Kier alpha value is -3.32. The van der Waals surface area contributed by atoms with Crippen LogP contribution in [0.4, 0.5) is 5.82 Å². The molecule has 1 aliphatic heterocycles. The molecule has 7 heteroatoms. The molecule has 166 valence electrons. The molecule has 1 aromatic heterocycles. The van der Waals surface area contributed by atoms with E-state index in [1.165, 1.54) is 5.56 Å². The Kier molecular flexibility index (Phi) is 5.81. The fraction of sp³-hybridized carbons (Fsp3) is 0.360. The number of para-hydroxylation sites is 1. The van der Waals surface area contributed by atoms with Crippen molar-refractivity contribution in [3.05, 3.63) is 71.4 Å². The summed E-state index contributed by atoms with van der Waals surface area (Å²) in [6.07, 6.45) is 2.65. The third-order valence-corrected chi connectivity index (χ3v) is 6.35. The van der Waals surface area contributed by atoms with Gasteiger partial charge in [-0.2, -0.15) is 5.10 Å². The van der Waals surface area contributed by atoms with Crippen molar-refractivity contribution in [3.8, 4) is 11.5 Å². The number of methoxy groups -OCH3 is 1. The summed E-state index contributed by atoms with van der Waals surface area (Å²) in [6, 6.07) is 17.8. The summed E-state index contributed by atoms with van der Waals surface area (Å²) >= 11 is 0. The minimum Gasteiger partial charge on any atom is -0.497 e. The van der Waals surface area contributed by atoms with Crippen molar-refractivity contribution in [2.75, 3.05) is 25.5 Å². The number of carbonyl (C=O) groups excluding carboxylic acids is 1. The molecule has 2 fully saturated rings. The molecule has 1 saturated carbocycles. The lowest BCUT2D eigenvalue weighted by molar-refractivity contribution is -0.115. The van der Waals surface area contributed by atoms with Crippen molar-refractivity contribution in [3.63, 3.8) is 0 Å². The largest absolute Gasteiger partial charge is 0.497 e. The van der Waals surface area contributed by atoms with Crippen LogP contribution in [0.3, 0.4) is 0 Å². The highest BCUT2D eigenvalue weighted by atomic mass is 16.5. The Labute approximate surface area is 187 Å². The van der Waals surface area contributed by atoms with E-state index in [1.807, 2.05) is 36.4 Å². The minimum absolute atomic E-state index is 0.0755. The van der Waals surface area contributed by atoms with Crippen LogP contribution in [0, 0.1) is 0 Å². The number of carbonyl (C=O) groups is 1. The van der Waals surface area contributed by atoms with Crippen LogP contribution in [0.15, 0.2) is 54.6 Å². The first-order chi connectivity index (χ1) is 15.7. The predicted molar refractivity (Wildman–Crippen MR) is 122 cm³/mol. The fourth-order valence-corrected chi connectivity index (χ4v) is 4.30. The number of benzene rings is 2. The van der Waals surface area contributed by atoms with Gasteiger partial charge in [0.25, 0.3) is 0 Å². The van der Waals surface area contributed by atoms with Crippen molar-refractivity contribution in [1.29, 1.82) is 0 Å². The lowest BCUT2D eigenvalue weighted by Gasteiger charge is -2.36. The van der Waals surface area contributed by atoms with Gasteiger partial charge in [-0.3, -0.25) is 9.89 Å². The van der Waals surface area contributed by atoms with Crippen molar-refractivity contribution in [2.24, 2.45) is 0 Å². The summed E-state index contributed by atoms with van der Waals surface area (Å²) in [5, 5.41) is 13.6. The van der Waals surface area contributed by atoms with E-state index < -0.39 is 0 Å². The second-order valence-corrected chi connectivity index (χ2v) is 8.58. The molecule has 2 aliphatic rings.